The van der Waals surface area contributed by atoms with Crippen LogP contribution in [0.15, 0.2) is 6.33 Å². The van der Waals surface area contributed by atoms with Crippen molar-refractivity contribution in [3.8, 4) is 0 Å². The largest absolute Gasteiger partial charge is 0.386 e. The van der Waals surface area contributed by atoms with Gasteiger partial charge in [-0.3, -0.25) is 4.79 Å². The number of ether oxygens (including phenoxy) is 1. The number of nitrogens with two attached hydrogens (primary N) is 4. The smallest absolute Gasteiger partial charge is 0.239 e. The van der Waals surface area contributed by atoms with Crippen molar-refractivity contribution >= 4 is 28.8 Å². The van der Waals surface area contributed by atoms with E-state index < -0.39 is 17.2 Å². The third-order valence-electron chi connectivity index (χ3n) is 7.03. The number of nitrogens with zero attached hydrogens (tertiary/aromatic N) is 5. The number of hydrogen-bond acceptors (Lipinski definition) is 10. The SMILES string of the molecule is C[C@]1(O)COC2(CCN(C(=O)[C@@H](N)CCCCN)CC2)C[C@@H]1n1cnc2c(N)nc(N)nc21. The van der Waals surface area contributed by atoms with Crippen LogP contribution in [0.2, 0.25) is 0 Å². The number of imidazole rings is 1. The Bertz CT molecular complexity index is 1000. The van der Waals surface area contributed by atoms with Crippen LogP contribution in [0.25, 0.3) is 11.2 Å². The maximum absolute atomic E-state index is 12.8. The Hall–Kier alpha value is -2.54. The lowest BCUT2D eigenvalue weighted by Crippen LogP contribution is -2.58. The van der Waals surface area contributed by atoms with Crippen LogP contribution in [0.4, 0.5) is 11.8 Å². The number of rotatable bonds is 6. The second-order valence-corrected chi connectivity index (χ2v) is 9.56. The van der Waals surface area contributed by atoms with E-state index in [1.54, 1.807) is 13.3 Å². The van der Waals surface area contributed by atoms with E-state index >= 15 is 0 Å². The third kappa shape index (κ3) is 4.60. The lowest BCUT2D eigenvalue weighted by Gasteiger charge is -2.51. The number of carbonyl (C=O) groups is 1. The van der Waals surface area contributed by atoms with Gasteiger partial charge in [-0.2, -0.15) is 9.97 Å². The number of nitrogen functional groups attached to an aromatic ring is 2. The van der Waals surface area contributed by atoms with Gasteiger partial charge in [-0.1, -0.05) is 6.42 Å². The van der Waals surface area contributed by atoms with Gasteiger partial charge >= 0.3 is 0 Å². The molecule has 3 atom stereocenters. The summed E-state index contributed by atoms with van der Waals surface area (Å²) in [4.78, 5) is 27.2. The molecular weight excluding hydrogens is 426 g/mol. The molecule has 2 aliphatic heterocycles. The van der Waals surface area contributed by atoms with Gasteiger partial charge in [0.25, 0.3) is 0 Å². The fraction of sp³-hybridized carbons (Fsp3) is 0.714. The number of fused-ring (bicyclic) bond motifs is 1. The minimum absolute atomic E-state index is 0.0236. The molecule has 12 nitrogen and oxygen atoms in total. The monoisotopic (exact) mass is 461 g/mol. The summed E-state index contributed by atoms with van der Waals surface area (Å²) in [6.45, 7) is 3.62. The van der Waals surface area contributed by atoms with Crippen molar-refractivity contribution in [2.45, 2.75) is 68.7 Å². The number of anilines is 2. The summed E-state index contributed by atoms with van der Waals surface area (Å²) >= 11 is 0. The predicted molar refractivity (Wildman–Crippen MR) is 124 cm³/mol. The lowest BCUT2D eigenvalue weighted by molar-refractivity contribution is -0.201. The molecule has 2 saturated heterocycles. The molecule has 9 N–H and O–H groups in total. The molecule has 4 rings (SSSR count). The molecule has 0 unspecified atom stereocenters. The van der Waals surface area contributed by atoms with Crippen LogP contribution < -0.4 is 22.9 Å². The van der Waals surface area contributed by atoms with Gasteiger partial charge < -0.3 is 42.2 Å². The summed E-state index contributed by atoms with van der Waals surface area (Å²) in [6.07, 6.45) is 5.83. The first-order valence-corrected chi connectivity index (χ1v) is 11.5. The molecule has 182 valence electrons. The number of amides is 1. The average Bonchev–Trinajstić information content (AvgIpc) is 3.19. The maximum Gasteiger partial charge on any atom is 0.239 e. The van der Waals surface area contributed by atoms with E-state index in [0.29, 0.717) is 56.5 Å². The molecule has 2 aromatic rings. The molecule has 33 heavy (non-hydrogen) atoms. The van der Waals surface area contributed by atoms with Gasteiger partial charge in [-0.05, 0) is 39.2 Å². The van der Waals surface area contributed by atoms with Crippen molar-refractivity contribution in [1.29, 1.82) is 0 Å². The van der Waals surface area contributed by atoms with E-state index in [1.807, 2.05) is 9.47 Å². The van der Waals surface area contributed by atoms with Gasteiger partial charge in [0.15, 0.2) is 11.5 Å². The minimum atomic E-state index is -1.15. The van der Waals surface area contributed by atoms with E-state index in [2.05, 4.69) is 15.0 Å². The fourth-order valence-corrected chi connectivity index (χ4v) is 4.96. The quantitative estimate of drug-likeness (QED) is 0.350. The molecule has 1 amide bonds. The van der Waals surface area contributed by atoms with E-state index in [0.717, 1.165) is 12.8 Å². The third-order valence-corrected chi connectivity index (χ3v) is 7.03. The van der Waals surface area contributed by atoms with Crippen molar-refractivity contribution in [2.24, 2.45) is 11.5 Å². The minimum Gasteiger partial charge on any atom is -0.386 e. The molecule has 2 aliphatic rings. The van der Waals surface area contributed by atoms with Gasteiger partial charge in [-0.25, -0.2) is 4.98 Å². The fourth-order valence-electron chi connectivity index (χ4n) is 4.96. The molecule has 2 aromatic heterocycles. The van der Waals surface area contributed by atoms with E-state index in [4.69, 9.17) is 27.7 Å². The summed E-state index contributed by atoms with van der Waals surface area (Å²) in [5.74, 6) is 0.231. The van der Waals surface area contributed by atoms with E-state index in [-0.39, 0.29) is 30.3 Å². The summed E-state index contributed by atoms with van der Waals surface area (Å²) in [6, 6.07) is -0.856. The standard InChI is InChI=1S/C21H35N9O3/c1-20(32)11-33-21(5-8-29(9-6-21)18(31)13(23)4-2-3-7-22)10-14(20)30-12-26-15-16(24)27-19(25)28-17(15)30/h12-14,32H,2-11,22-23H2,1H3,(H4,24,25,27,28)/t13-,14-,20-/m0/s1. The van der Waals surface area contributed by atoms with Crippen molar-refractivity contribution in [1.82, 2.24) is 24.4 Å². The Morgan fingerprint density at radius 1 is 1.30 bits per heavy atom. The molecule has 0 bridgehead atoms. The topological polar surface area (TPSA) is 197 Å². The zero-order chi connectivity index (χ0) is 23.8. The summed E-state index contributed by atoms with van der Waals surface area (Å²) in [5, 5.41) is 11.2. The van der Waals surface area contributed by atoms with Gasteiger partial charge in [0.05, 0.1) is 30.6 Å². The molecule has 12 heteroatoms. The molecule has 0 aromatic carbocycles. The van der Waals surface area contributed by atoms with Crippen LogP contribution in [-0.2, 0) is 9.53 Å². The van der Waals surface area contributed by atoms with Crippen LogP contribution in [0.1, 0.15) is 51.5 Å². The first-order valence-electron chi connectivity index (χ1n) is 11.5. The molecular formula is C21H35N9O3. The first kappa shape index (κ1) is 23.6. The van der Waals surface area contributed by atoms with Crippen LogP contribution in [0.3, 0.4) is 0 Å². The van der Waals surface area contributed by atoms with Gasteiger partial charge in [0, 0.05) is 19.5 Å². The lowest BCUT2D eigenvalue weighted by atomic mass is 9.77. The number of unbranched alkanes of at least 4 members (excludes halogenated alkanes) is 1. The molecule has 2 fully saturated rings. The number of likely N-dealkylation sites (tertiary alicyclic amines) is 1. The van der Waals surface area contributed by atoms with Crippen LogP contribution in [0.5, 0.6) is 0 Å². The highest BCUT2D eigenvalue weighted by Gasteiger charge is 2.50. The summed E-state index contributed by atoms with van der Waals surface area (Å²) in [5.41, 5.74) is 22.7. The highest BCUT2D eigenvalue weighted by atomic mass is 16.5. The molecule has 0 aliphatic carbocycles. The molecule has 4 heterocycles. The Labute approximate surface area is 192 Å². The van der Waals surface area contributed by atoms with Crippen LogP contribution >= 0.6 is 0 Å². The summed E-state index contributed by atoms with van der Waals surface area (Å²) < 4.78 is 8.05. The van der Waals surface area contributed by atoms with Crippen LogP contribution in [0, 0.1) is 0 Å². The zero-order valence-electron chi connectivity index (χ0n) is 19.1. The summed E-state index contributed by atoms with van der Waals surface area (Å²) in [7, 11) is 0. The van der Waals surface area contributed by atoms with Crippen LogP contribution in [-0.4, -0.2) is 78.9 Å². The van der Waals surface area contributed by atoms with Gasteiger partial charge in [0.1, 0.15) is 11.1 Å². The Balaban J connectivity index is 1.49. The average molecular weight is 462 g/mol. The number of aliphatic hydroxyl groups is 1. The van der Waals surface area contributed by atoms with Crippen molar-refractivity contribution in [2.75, 3.05) is 37.7 Å². The number of carbonyl (C=O) groups excluding carboxylic acids is 1. The Morgan fingerprint density at radius 3 is 2.73 bits per heavy atom. The van der Waals surface area contributed by atoms with E-state index in [1.165, 1.54) is 0 Å². The second-order valence-electron chi connectivity index (χ2n) is 9.56. The van der Waals surface area contributed by atoms with Crippen molar-refractivity contribution in [3.63, 3.8) is 0 Å². The highest BCUT2D eigenvalue weighted by molar-refractivity contribution is 5.83. The number of hydrogen-bond donors (Lipinski definition) is 5. The normalized spacial score (nSPS) is 26.1. The molecule has 0 radical (unpaired) electrons. The highest BCUT2D eigenvalue weighted by Crippen LogP contribution is 2.44. The van der Waals surface area contributed by atoms with Gasteiger partial charge in [-0.15, -0.1) is 0 Å². The Kier molecular flexibility index (Phi) is 6.45. The zero-order valence-corrected chi connectivity index (χ0v) is 19.1. The first-order chi connectivity index (χ1) is 15.7. The number of aromatic nitrogens is 4. The maximum atomic E-state index is 12.8. The molecule has 1 spiro atoms. The number of piperidine rings is 1. The molecule has 0 saturated carbocycles. The van der Waals surface area contributed by atoms with Crippen molar-refractivity contribution in [3.05, 3.63) is 6.33 Å². The van der Waals surface area contributed by atoms with Crippen molar-refractivity contribution < 1.29 is 14.6 Å². The van der Waals surface area contributed by atoms with E-state index in [9.17, 15) is 9.90 Å². The second kappa shape index (κ2) is 9.01. The predicted octanol–water partition coefficient (Wildman–Crippen LogP) is -0.479. The Morgan fingerprint density at radius 2 is 2.03 bits per heavy atom. The van der Waals surface area contributed by atoms with Gasteiger partial charge in [0.2, 0.25) is 11.9 Å².